The van der Waals surface area contributed by atoms with Crippen molar-refractivity contribution >= 4 is 8.32 Å². The van der Waals surface area contributed by atoms with E-state index in [2.05, 4.69) is 43.9 Å². The zero-order valence-electron chi connectivity index (χ0n) is 14.3. The summed E-state index contributed by atoms with van der Waals surface area (Å²) in [5.74, 6) is 0. The van der Waals surface area contributed by atoms with Gasteiger partial charge in [-0.1, -0.05) is 62.3 Å². The summed E-state index contributed by atoms with van der Waals surface area (Å²) in [5, 5.41) is 4.10. The van der Waals surface area contributed by atoms with Gasteiger partial charge in [0.25, 0.3) is 0 Å². The van der Waals surface area contributed by atoms with Crippen molar-refractivity contribution in [3.05, 3.63) is 58.7 Å². The van der Waals surface area contributed by atoms with E-state index in [1.54, 1.807) is 0 Å². The molecule has 22 heavy (non-hydrogen) atoms. The first kappa shape index (κ1) is 18.3. The number of benzene rings is 1. The van der Waals surface area contributed by atoms with E-state index in [9.17, 15) is 0 Å². The third-order valence-electron chi connectivity index (χ3n) is 4.25. The Morgan fingerprint density at radius 1 is 1.27 bits per heavy atom. The van der Waals surface area contributed by atoms with Crippen molar-refractivity contribution in [3.8, 4) is 0 Å². The minimum atomic E-state index is -1.73. The fourth-order valence-corrected chi connectivity index (χ4v) is 2.54. The molecule has 4 nitrogen and oxygen atoms in total. The average molecular weight is 318 g/mol. The van der Waals surface area contributed by atoms with Crippen molar-refractivity contribution in [3.63, 3.8) is 0 Å². The molecule has 0 heterocycles. The average Bonchev–Trinajstić information content (AvgIpc) is 2.45. The molecule has 5 heteroatoms. The Hall–Kier alpha value is -1.71. The summed E-state index contributed by atoms with van der Waals surface area (Å²) in [6.07, 6.45) is 5.47. The maximum atomic E-state index is 8.72. The third kappa shape index (κ3) is 5.58. The standard InChI is InChI=1S/C17H27N3OSi/c1-17(2,3)22(4,5)21-14-10-9-13-16(19-20-18)15-11-7-6-8-12-15/h6-8,10-12,14,16H,9,13H2,1-5H3/b14-10+/t16-/m0/s1. The molecule has 0 aromatic heterocycles. The van der Waals surface area contributed by atoms with Crippen LogP contribution in [0.15, 0.2) is 47.8 Å². The number of rotatable bonds is 7. The molecule has 0 saturated heterocycles. The van der Waals surface area contributed by atoms with Crippen molar-refractivity contribution in [2.45, 2.75) is 57.8 Å². The first-order valence-electron chi connectivity index (χ1n) is 7.70. The Kier molecular flexibility index (Phi) is 6.72. The van der Waals surface area contributed by atoms with Crippen molar-refractivity contribution in [1.82, 2.24) is 0 Å². The molecular weight excluding hydrogens is 290 g/mol. The lowest BCUT2D eigenvalue weighted by atomic mass is 10.0. The number of hydrogen-bond donors (Lipinski definition) is 0. The topological polar surface area (TPSA) is 58.0 Å². The lowest BCUT2D eigenvalue weighted by Crippen LogP contribution is -2.39. The molecule has 0 aliphatic carbocycles. The molecule has 0 N–H and O–H groups in total. The molecule has 0 saturated carbocycles. The summed E-state index contributed by atoms with van der Waals surface area (Å²) >= 11 is 0. The van der Waals surface area contributed by atoms with Gasteiger partial charge in [0.05, 0.1) is 12.3 Å². The first-order chi connectivity index (χ1) is 10.3. The van der Waals surface area contributed by atoms with E-state index in [-0.39, 0.29) is 11.1 Å². The zero-order valence-corrected chi connectivity index (χ0v) is 15.3. The highest BCUT2D eigenvalue weighted by molar-refractivity contribution is 6.74. The largest absolute Gasteiger partial charge is 0.549 e. The molecule has 120 valence electrons. The van der Waals surface area contributed by atoms with Crippen molar-refractivity contribution in [2.75, 3.05) is 0 Å². The predicted molar refractivity (Wildman–Crippen MR) is 95.0 cm³/mol. The first-order valence-corrected chi connectivity index (χ1v) is 10.6. The van der Waals surface area contributed by atoms with Crippen LogP contribution in [0.25, 0.3) is 10.4 Å². The van der Waals surface area contributed by atoms with Gasteiger partial charge in [-0.3, -0.25) is 0 Å². The van der Waals surface area contributed by atoms with Crippen molar-refractivity contribution in [1.29, 1.82) is 0 Å². The van der Waals surface area contributed by atoms with Crippen molar-refractivity contribution in [2.24, 2.45) is 5.11 Å². The van der Waals surface area contributed by atoms with Gasteiger partial charge in [0.1, 0.15) is 0 Å². The summed E-state index contributed by atoms with van der Waals surface area (Å²) in [4.78, 5) is 2.96. The maximum absolute atomic E-state index is 8.72. The summed E-state index contributed by atoms with van der Waals surface area (Å²) in [7, 11) is -1.73. The van der Waals surface area contributed by atoms with Gasteiger partial charge in [-0.05, 0) is 42.1 Å². The van der Waals surface area contributed by atoms with Crippen LogP contribution in [0.1, 0.15) is 45.2 Å². The van der Waals surface area contributed by atoms with Crippen LogP contribution in [0.4, 0.5) is 0 Å². The second-order valence-corrected chi connectivity index (χ2v) is 11.7. The molecule has 0 amide bonds. The lowest BCUT2D eigenvalue weighted by Gasteiger charge is -2.35. The Morgan fingerprint density at radius 3 is 2.45 bits per heavy atom. The molecule has 0 unspecified atom stereocenters. The van der Waals surface area contributed by atoms with Crippen LogP contribution < -0.4 is 0 Å². The summed E-state index contributed by atoms with van der Waals surface area (Å²) in [6, 6.07) is 9.76. The highest BCUT2D eigenvalue weighted by Crippen LogP contribution is 2.36. The molecule has 0 fully saturated rings. The van der Waals surface area contributed by atoms with Crippen LogP contribution in [-0.2, 0) is 4.43 Å². The Balaban J connectivity index is 2.54. The minimum Gasteiger partial charge on any atom is -0.549 e. The van der Waals surface area contributed by atoms with E-state index in [4.69, 9.17) is 9.96 Å². The highest BCUT2D eigenvalue weighted by atomic mass is 28.4. The second-order valence-electron chi connectivity index (χ2n) is 6.96. The lowest BCUT2D eigenvalue weighted by molar-refractivity contribution is 0.427. The Morgan fingerprint density at radius 2 is 1.91 bits per heavy atom. The monoisotopic (exact) mass is 317 g/mol. The quantitative estimate of drug-likeness (QED) is 0.190. The molecule has 1 aromatic carbocycles. The van der Waals surface area contributed by atoms with Crippen LogP contribution in [-0.4, -0.2) is 8.32 Å². The number of allylic oxidation sites excluding steroid dienone is 1. The second kappa shape index (κ2) is 8.06. The molecule has 0 bridgehead atoms. The number of hydrogen-bond acceptors (Lipinski definition) is 2. The molecule has 0 aliphatic rings. The SMILES string of the molecule is CC(C)(C)[Si](C)(C)O/C=C/CC[C@H](N=[N+]=[N-])c1ccccc1. The minimum absolute atomic E-state index is 0.122. The molecular formula is C17H27N3OSi. The fourth-order valence-electron chi connectivity index (χ4n) is 1.75. The normalized spacial score (nSPS) is 13.7. The smallest absolute Gasteiger partial charge is 0.249 e. The van der Waals surface area contributed by atoms with Gasteiger partial charge in [-0.15, -0.1) is 0 Å². The maximum Gasteiger partial charge on any atom is 0.249 e. The van der Waals surface area contributed by atoms with E-state index >= 15 is 0 Å². The summed E-state index contributed by atoms with van der Waals surface area (Å²) < 4.78 is 6.00. The van der Waals surface area contributed by atoms with Gasteiger partial charge in [0, 0.05) is 4.91 Å². The third-order valence-corrected chi connectivity index (χ3v) is 8.58. The number of nitrogens with zero attached hydrogens (tertiary/aromatic N) is 3. The summed E-state index contributed by atoms with van der Waals surface area (Å²) in [5.41, 5.74) is 9.77. The number of azide groups is 1. The van der Waals surface area contributed by atoms with E-state index in [0.29, 0.717) is 0 Å². The molecule has 0 aliphatic heterocycles. The molecule has 0 spiro atoms. The molecule has 1 aromatic rings. The van der Waals surface area contributed by atoms with E-state index in [0.717, 1.165) is 18.4 Å². The van der Waals surface area contributed by atoms with Gasteiger partial charge in [0.15, 0.2) is 0 Å². The van der Waals surface area contributed by atoms with Gasteiger partial charge in [-0.2, -0.15) is 0 Å². The Bertz CT molecular complexity index is 529. The van der Waals surface area contributed by atoms with Gasteiger partial charge in [0.2, 0.25) is 8.32 Å². The van der Waals surface area contributed by atoms with Crippen LogP contribution in [0.3, 0.4) is 0 Å². The van der Waals surface area contributed by atoms with Crippen LogP contribution in [0, 0.1) is 0 Å². The van der Waals surface area contributed by atoms with E-state index in [1.165, 1.54) is 0 Å². The summed E-state index contributed by atoms with van der Waals surface area (Å²) in [6.45, 7) is 11.1. The van der Waals surface area contributed by atoms with Crippen LogP contribution in [0.5, 0.6) is 0 Å². The van der Waals surface area contributed by atoms with Gasteiger partial charge >= 0.3 is 0 Å². The molecule has 1 rings (SSSR count). The van der Waals surface area contributed by atoms with E-state index < -0.39 is 8.32 Å². The Labute approximate surface area is 135 Å². The van der Waals surface area contributed by atoms with Crippen LogP contribution >= 0.6 is 0 Å². The van der Waals surface area contributed by atoms with Crippen molar-refractivity contribution < 1.29 is 4.43 Å². The molecule has 0 radical (unpaired) electrons. The molecule has 1 atom stereocenters. The van der Waals surface area contributed by atoms with E-state index in [1.807, 2.05) is 42.7 Å². The van der Waals surface area contributed by atoms with Crippen LogP contribution in [0.2, 0.25) is 18.1 Å². The highest BCUT2D eigenvalue weighted by Gasteiger charge is 2.37. The predicted octanol–water partition coefficient (Wildman–Crippen LogP) is 6.35. The van der Waals surface area contributed by atoms with Gasteiger partial charge in [-0.25, -0.2) is 0 Å². The zero-order chi connectivity index (χ0) is 16.6. The fraction of sp³-hybridized carbons (Fsp3) is 0.529. The van der Waals surface area contributed by atoms with Gasteiger partial charge < -0.3 is 4.43 Å².